The zero-order valence-corrected chi connectivity index (χ0v) is 11.4. The molecular formula is C16H24O. The van der Waals surface area contributed by atoms with E-state index in [2.05, 4.69) is 26.0 Å². The molecule has 1 nitrogen and oxygen atoms in total. The molecule has 17 heavy (non-hydrogen) atoms. The summed E-state index contributed by atoms with van der Waals surface area (Å²) in [6, 6.07) is 10.3. The molecule has 0 spiro atoms. The van der Waals surface area contributed by atoms with Gasteiger partial charge in [0.25, 0.3) is 0 Å². The molecule has 1 heteroatoms. The summed E-state index contributed by atoms with van der Waals surface area (Å²) in [5, 5.41) is 10.4. The van der Waals surface area contributed by atoms with Gasteiger partial charge in [0.05, 0.1) is 6.10 Å². The van der Waals surface area contributed by atoms with Crippen LogP contribution in [0.3, 0.4) is 0 Å². The second-order valence-corrected chi connectivity index (χ2v) is 5.06. The summed E-state index contributed by atoms with van der Waals surface area (Å²) in [7, 11) is 0. The maximum atomic E-state index is 10.4. The molecule has 0 saturated heterocycles. The largest absolute Gasteiger partial charge is 0.388 e. The number of aliphatic hydroxyl groups excluding tert-OH is 1. The second kappa shape index (κ2) is 6.61. The molecule has 0 aliphatic carbocycles. The number of allylic oxidation sites excluding steroid dienone is 1. The molecule has 0 heterocycles. The predicted molar refractivity (Wildman–Crippen MR) is 74.1 cm³/mol. The van der Waals surface area contributed by atoms with Gasteiger partial charge in [-0.25, -0.2) is 0 Å². The molecule has 0 aromatic heterocycles. The van der Waals surface area contributed by atoms with Crippen molar-refractivity contribution >= 4 is 0 Å². The first-order valence-electron chi connectivity index (χ1n) is 6.44. The van der Waals surface area contributed by atoms with Crippen molar-refractivity contribution in [3.63, 3.8) is 0 Å². The van der Waals surface area contributed by atoms with Crippen molar-refractivity contribution in [1.82, 2.24) is 0 Å². The lowest BCUT2D eigenvalue weighted by atomic mass is 9.81. The summed E-state index contributed by atoms with van der Waals surface area (Å²) in [6.45, 7) is 8.44. The van der Waals surface area contributed by atoms with Gasteiger partial charge in [0.1, 0.15) is 0 Å². The first-order valence-corrected chi connectivity index (χ1v) is 6.44. The van der Waals surface area contributed by atoms with Crippen molar-refractivity contribution in [2.75, 3.05) is 0 Å². The molecule has 1 N–H and O–H groups in total. The fraction of sp³-hybridized carbons (Fsp3) is 0.500. The summed E-state index contributed by atoms with van der Waals surface area (Å²) in [6.07, 6.45) is 2.65. The summed E-state index contributed by atoms with van der Waals surface area (Å²) in [5.74, 6) is 0.666. The lowest BCUT2D eigenvalue weighted by molar-refractivity contribution is 0.159. The Bertz CT molecular complexity index is 349. The van der Waals surface area contributed by atoms with E-state index < -0.39 is 6.10 Å². The maximum Gasteiger partial charge on any atom is 0.0794 e. The molecule has 0 aliphatic rings. The highest BCUT2D eigenvalue weighted by Crippen LogP contribution is 2.31. The van der Waals surface area contributed by atoms with Crippen molar-refractivity contribution in [2.45, 2.75) is 46.1 Å². The van der Waals surface area contributed by atoms with Crippen LogP contribution in [0.15, 0.2) is 42.0 Å². The molecule has 0 amide bonds. The van der Waals surface area contributed by atoms with E-state index in [0.717, 1.165) is 6.42 Å². The van der Waals surface area contributed by atoms with Crippen molar-refractivity contribution < 1.29 is 5.11 Å². The molecule has 0 saturated carbocycles. The maximum absolute atomic E-state index is 10.4. The third-order valence-corrected chi connectivity index (χ3v) is 3.31. The van der Waals surface area contributed by atoms with Crippen LogP contribution in [-0.2, 0) is 0 Å². The Morgan fingerprint density at radius 2 is 1.82 bits per heavy atom. The number of aliphatic hydroxyl groups is 1. The topological polar surface area (TPSA) is 20.2 Å². The Kier molecular flexibility index (Phi) is 5.43. The van der Waals surface area contributed by atoms with Gasteiger partial charge >= 0.3 is 0 Å². The van der Waals surface area contributed by atoms with Crippen LogP contribution in [0.1, 0.15) is 45.6 Å². The van der Waals surface area contributed by atoms with Gasteiger partial charge in [-0.2, -0.15) is 0 Å². The summed E-state index contributed by atoms with van der Waals surface area (Å²) in [4.78, 5) is 0. The third-order valence-electron chi connectivity index (χ3n) is 3.31. The highest BCUT2D eigenvalue weighted by atomic mass is 16.3. The van der Waals surface area contributed by atoms with Gasteiger partial charge in [0.2, 0.25) is 0 Å². The van der Waals surface area contributed by atoms with Crippen LogP contribution in [0, 0.1) is 5.92 Å². The predicted octanol–water partition coefficient (Wildman–Crippen LogP) is 4.14. The van der Waals surface area contributed by atoms with E-state index in [1.807, 2.05) is 38.1 Å². The monoisotopic (exact) mass is 232 g/mol. The fourth-order valence-corrected chi connectivity index (χ4v) is 2.24. The lowest BCUT2D eigenvalue weighted by Crippen LogP contribution is -2.22. The van der Waals surface area contributed by atoms with Gasteiger partial charge in [-0.1, -0.05) is 62.2 Å². The zero-order valence-electron chi connectivity index (χ0n) is 11.4. The molecule has 1 aromatic rings. The van der Waals surface area contributed by atoms with Crippen LogP contribution in [0.25, 0.3) is 0 Å². The molecular weight excluding hydrogens is 208 g/mol. The molecule has 3 unspecified atom stereocenters. The number of hydrogen-bond acceptors (Lipinski definition) is 1. The Labute approximate surface area is 105 Å². The first-order chi connectivity index (χ1) is 8.06. The summed E-state index contributed by atoms with van der Waals surface area (Å²) < 4.78 is 0. The molecule has 3 atom stereocenters. The molecule has 94 valence electrons. The van der Waals surface area contributed by atoms with E-state index >= 15 is 0 Å². The van der Waals surface area contributed by atoms with Crippen LogP contribution < -0.4 is 0 Å². The summed E-state index contributed by atoms with van der Waals surface area (Å²) in [5.41, 5.74) is 2.40. The SMILES string of the molecule is CCC(C)C(c1ccccc1)C(O)C=C(C)C. The first kappa shape index (κ1) is 14.0. The third kappa shape index (κ3) is 4.01. The van der Waals surface area contributed by atoms with E-state index in [1.165, 1.54) is 11.1 Å². The normalized spacial score (nSPS) is 16.1. The van der Waals surface area contributed by atoms with E-state index in [9.17, 15) is 5.11 Å². The van der Waals surface area contributed by atoms with Crippen molar-refractivity contribution in [1.29, 1.82) is 0 Å². The lowest BCUT2D eigenvalue weighted by Gasteiger charge is -2.27. The molecule has 0 fully saturated rings. The minimum absolute atomic E-state index is 0.191. The Balaban J connectivity index is 3.00. The highest BCUT2D eigenvalue weighted by molar-refractivity contribution is 5.23. The fourth-order valence-electron chi connectivity index (χ4n) is 2.24. The Morgan fingerprint density at radius 3 is 2.29 bits per heavy atom. The van der Waals surface area contributed by atoms with Gasteiger partial charge in [0.15, 0.2) is 0 Å². The van der Waals surface area contributed by atoms with Crippen molar-refractivity contribution in [3.8, 4) is 0 Å². The van der Waals surface area contributed by atoms with Crippen LogP contribution in [-0.4, -0.2) is 11.2 Å². The van der Waals surface area contributed by atoms with Crippen LogP contribution in [0.4, 0.5) is 0 Å². The minimum atomic E-state index is -0.391. The van der Waals surface area contributed by atoms with Gasteiger partial charge in [-0.05, 0) is 25.3 Å². The van der Waals surface area contributed by atoms with Crippen LogP contribution in [0.2, 0.25) is 0 Å². The van der Waals surface area contributed by atoms with Crippen molar-refractivity contribution in [2.24, 2.45) is 5.92 Å². The second-order valence-electron chi connectivity index (χ2n) is 5.06. The summed E-state index contributed by atoms with van der Waals surface area (Å²) >= 11 is 0. The standard InChI is InChI=1S/C16H24O/c1-5-13(4)16(15(17)11-12(2)3)14-9-7-6-8-10-14/h6-11,13,15-17H,5H2,1-4H3. The highest BCUT2D eigenvalue weighted by Gasteiger charge is 2.24. The average molecular weight is 232 g/mol. The van der Waals surface area contributed by atoms with Gasteiger partial charge in [0, 0.05) is 5.92 Å². The van der Waals surface area contributed by atoms with Crippen LogP contribution in [0.5, 0.6) is 0 Å². The van der Waals surface area contributed by atoms with E-state index in [4.69, 9.17) is 0 Å². The van der Waals surface area contributed by atoms with Crippen LogP contribution >= 0.6 is 0 Å². The van der Waals surface area contributed by atoms with E-state index in [-0.39, 0.29) is 5.92 Å². The number of benzene rings is 1. The molecule has 0 aliphatic heterocycles. The number of hydrogen-bond donors (Lipinski definition) is 1. The Hall–Kier alpha value is -1.08. The van der Waals surface area contributed by atoms with E-state index in [0.29, 0.717) is 5.92 Å². The quantitative estimate of drug-likeness (QED) is 0.756. The van der Waals surface area contributed by atoms with Crippen molar-refractivity contribution in [3.05, 3.63) is 47.5 Å². The smallest absolute Gasteiger partial charge is 0.0794 e. The molecule has 0 bridgehead atoms. The van der Waals surface area contributed by atoms with Gasteiger partial charge < -0.3 is 5.11 Å². The average Bonchev–Trinajstić information content (AvgIpc) is 2.29. The molecule has 1 rings (SSSR count). The van der Waals surface area contributed by atoms with E-state index in [1.54, 1.807) is 0 Å². The number of rotatable bonds is 5. The molecule has 1 aromatic carbocycles. The zero-order chi connectivity index (χ0) is 12.8. The van der Waals surface area contributed by atoms with Gasteiger partial charge in [-0.15, -0.1) is 0 Å². The Morgan fingerprint density at radius 1 is 1.24 bits per heavy atom. The molecule has 0 radical (unpaired) electrons. The minimum Gasteiger partial charge on any atom is -0.388 e. The van der Waals surface area contributed by atoms with Gasteiger partial charge in [-0.3, -0.25) is 0 Å².